The average molecular weight is 491 g/mol. The number of Topliss-reactive ketones (excluding diaryl/α,β-unsaturated/α-hetero) is 1. The maximum atomic E-state index is 13.4. The van der Waals surface area contributed by atoms with Crippen LogP contribution >= 0.6 is 0 Å². The Bertz CT molecular complexity index is 1860. The molecular formula is C31H13N3O4. The first-order valence-electron chi connectivity index (χ1n) is 11.8. The highest BCUT2D eigenvalue weighted by atomic mass is 16.5. The van der Waals surface area contributed by atoms with Gasteiger partial charge in [-0.2, -0.15) is 0 Å². The summed E-state index contributed by atoms with van der Waals surface area (Å²) in [5, 5.41) is 9.66. The number of ether oxygens (including phenoxy) is 3. The molecule has 7 heteroatoms. The van der Waals surface area contributed by atoms with Crippen molar-refractivity contribution in [3.05, 3.63) is 112 Å². The number of allylic oxidation sites excluding steroid dienone is 3. The molecule has 7 nitrogen and oxygen atoms in total. The maximum Gasteiger partial charge on any atom is 0.270 e. The van der Waals surface area contributed by atoms with Crippen molar-refractivity contribution in [2.75, 3.05) is 4.90 Å². The quantitative estimate of drug-likeness (QED) is 0.132. The molecule has 3 heterocycles. The number of carbonyl (C=O) groups excluding carboxylic acids is 1. The molecule has 8 rings (SSSR count). The molecule has 0 aromatic heterocycles. The minimum Gasteiger partial charge on any atom is -0.453 e. The number of benzene rings is 4. The van der Waals surface area contributed by atoms with Gasteiger partial charge < -0.3 is 14.2 Å². The van der Waals surface area contributed by atoms with Gasteiger partial charge in [0.1, 0.15) is 17.1 Å². The lowest BCUT2D eigenvalue weighted by Crippen LogP contribution is -2.23. The van der Waals surface area contributed by atoms with Gasteiger partial charge in [-0.1, -0.05) is 36.4 Å². The molecule has 38 heavy (non-hydrogen) atoms. The lowest BCUT2D eigenvalue weighted by molar-refractivity contribution is 0.104. The Labute approximate surface area is 216 Å². The number of hydrogen-bond acceptors (Lipinski definition) is 6. The Morgan fingerprint density at radius 1 is 0.789 bits per heavy atom. The summed E-state index contributed by atoms with van der Waals surface area (Å²) in [6, 6.07) is 24.0. The van der Waals surface area contributed by atoms with E-state index >= 15 is 0 Å². The van der Waals surface area contributed by atoms with Gasteiger partial charge in [0.05, 0.1) is 12.6 Å². The fraction of sp³-hybridized carbons (Fsp3) is 0. The van der Waals surface area contributed by atoms with Gasteiger partial charge in [-0.25, -0.2) is 10.1 Å². The van der Waals surface area contributed by atoms with Crippen LogP contribution in [0.5, 0.6) is 34.5 Å². The number of rotatable bonds is 1. The van der Waals surface area contributed by atoms with Crippen LogP contribution in [0.3, 0.4) is 0 Å². The standard InChI is InChI=1S/C31H13N3O4/c1-33-20(15-32)27-17-6-2-3-7-18(17)31(35)19(27)12-16-13-25-30-26(14-16)38-24-11-5-9-22-29(24)34(30)28-21(36-22)8-4-10-23(28)37-25/h2-14H/b19-12-,27-20-. The van der Waals surface area contributed by atoms with Crippen molar-refractivity contribution in [3.8, 4) is 40.6 Å². The molecule has 0 saturated heterocycles. The first kappa shape index (κ1) is 20.4. The number of anilines is 3. The number of ketones is 1. The van der Waals surface area contributed by atoms with Crippen molar-refractivity contribution in [1.82, 2.24) is 0 Å². The fourth-order valence-electron chi connectivity index (χ4n) is 5.53. The van der Waals surface area contributed by atoms with Crippen LogP contribution in [-0.4, -0.2) is 5.78 Å². The van der Waals surface area contributed by atoms with Gasteiger partial charge in [0, 0.05) is 16.7 Å². The van der Waals surface area contributed by atoms with Crippen molar-refractivity contribution in [2.24, 2.45) is 0 Å². The van der Waals surface area contributed by atoms with Crippen LogP contribution in [0.25, 0.3) is 16.5 Å². The topological polar surface area (TPSA) is 76.2 Å². The Hall–Kier alpha value is -5.79. The van der Waals surface area contributed by atoms with Crippen LogP contribution < -0.4 is 19.1 Å². The molecule has 0 fully saturated rings. The molecule has 0 saturated carbocycles. The van der Waals surface area contributed by atoms with Crippen LogP contribution in [0.4, 0.5) is 17.1 Å². The van der Waals surface area contributed by atoms with E-state index in [0.29, 0.717) is 56.8 Å². The van der Waals surface area contributed by atoms with E-state index in [9.17, 15) is 10.1 Å². The molecule has 3 aliphatic heterocycles. The van der Waals surface area contributed by atoms with Crippen LogP contribution in [-0.2, 0) is 0 Å². The molecule has 176 valence electrons. The highest BCUT2D eigenvalue weighted by Gasteiger charge is 2.41. The largest absolute Gasteiger partial charge is 0.453 e. The highest BCUT2D eigenvalue weighted by Crippen LogP contribution is 2.66. The summed E-state index contributed by atoms with van der Waals surface area (Å²) < 4.78 is 18.8. The zero-order valence-corrected chi connectivity index (χ0v) is 19.5. The molecular weight excluding hydrogens is 478 g/mol. The van der Waals surface area contributed by atoms with Crippen molar-refractivity contribution in [1.29, 1.82) is 5.26 Å². The van der Waals surface area contributed by atoms with E-state index in [1.807, 2.05) is 54.6 Å². The third-order valence-electron chi connectivity index (χ3n) is 7.04. The summed E-state index contributed by atoms with van der Waals surface area (Å²) in [5.74, 6) is 3.52. The summed E-state index contributed by atoms with van der Waals surface area (Å²) in [5.41, 5.74) is 4.54. The van der Waals surface area contributed by atoms with Gasteiger partial charge in [0.25, 0.3) is 5.70 Å². The zero-order chi connectivity index (χ0) is 25.5. The molecule has 0 radical (unpaired) electrons. The highest BCUT2D eigenvalue weighted by molar-refractivity contribution is 6.29. The Morgan fingerprint density at radius 2 is 1.32 bits per heavy atom. The summed E-state index contributed by atoms with van der Waals surface area (Å²) >= 11 is 0. The number of para-hydroxylation sites is 2. The Balaban J connectivity index is 1.36. The lowest BCUT2D eigenvalue weighted by Gasteiger charge is -2.41. The molecule has 0 spiro atoms. The molecule has 0 unspecified atom stereocenters. The molecule has 0 bridgehead atoms. The second-order valence-corrected chi connectivity index (χ2v) is 9.09. The van der Waals surface area contributed by atoms with Crippen molar-refractivity contribution >= 4 is 34.5 Å². The maximum absolute atomic E-state index is 13.4. The second kappa shape index (κ2) is 7.13. The third kappa shape index (κ3) is 2.52. The van der Waals surface area contributed by atoms with Gasteiger partial charge in [0.15, 0.2) is 40.3 Å². The average Bonchev–Trinajstić information content (AvgIpc) is 3.20. The van der Waals surface area contributed by atoms with E-state index in [-0.39, 0.29) is 17.1 Å². The smallest absolute Gasteiger partial charge is 0.270 e. The number of hydrogen-bond donors (Lipinski definition) is 0. The van der Waals surface area contributed by atoms with Crippen LogP contribution in [0.15, 0.2) is 84.1 Å². The number of fused-ring (bicyclic) bond motifs is 1. The Kier molecular flexibility index (Phi) is 3.83. The van der Waals surface area contributed by atoms with Gasteiger partial charge in [-0.3, -0.25) is 9.69 Å². The lowest BCUT2D eigenvalue weighted by atomic mass is 9.99. The van der Waals surface area contributed by atoms with Gasteiger partial charge >= 0.3 is 0 Å². The van der Waals surface area contributed by atoms with Crippen molar-refractivity contribution < 1.29 is 19.0 Å². The van der Waals surface area contributed by atoms with Crippen molar-refractivity contribution in [2.45, 2.75) is 0 Å². The van der Waals surface area contributed by atoms with Gasteiger partial charge in [0.2, 0.25) is 0 Å². The SMILES string of the molecule is [C-]#[N+]/C(C#N)=C1\C(=C\c2cc3c4c(c2)Oc2cccc5c2N4c2c(cccc2O3)O5)C(=O)c2ccccc21. The molecule has 0 N–H and O–H groups in total. The minimum absolute atomic E-state index is 0.127. The number of nitriles is 1. The summed E-state index contributed by atoms with van der Waals surface area (Å²) in [6.45, 7) is 7.53. The molecule has 4 aliphatic rings. The van der Waals surface area contributed by atoms with Crippen molar-refractivity contribution in [3.63, 3.8) is 0 Å². The van der Waals surface area contributed by atoms with E-state index in [1.165, 1.54) is 0 Å². The van der Waals surface area contributed by atoms with Crippen LogP contribution in [0.2, 0.25) is 0 Å². The summed E-state index contributed by atoms with van der Waals surface area (Å²) in [4.78, 5) is 18.9. The molecule has 4 aromatic carbocycles. The van der Waals surface area contributed by atoms with Gasteiger partial charge in [-0.05, 0) is 53.6 Å². The molecule has 4 aromatic rings. The Morgan fingerprint density at radius 3 is 1.87 bits per heavy atom. The normalized spacial score (nSPS) is 16.8. The van der Waals surface area contributed by atoms with Crippen LogP contribution in [0, 0.1) is 17.9 Å². The minimum atomic E-state index is -0.238. The first-order valence-corrected chi connectivity index (χ1v) is 11.8. The van der Waals surface area contributed by atoms with Gasteiger partial charge in [-0.15, -0.1) is 0 Å². The summed E-state index contributed by atoms with van der Waals surface area (Å²) in [6.07, 6.45) is 1.70. The molecule has 0 amide bonds. The predicted octanol–water partition coefficient (Wildman–Crippen LogP) is 7.91. The first-order chi connectivity index (χ1) is 18.7. The molecule has 1 aliphatic carbocycles. The second-order valence-electron chi connectivity index (χ2n) is 9.09. The zero-order valence-electron chi connectivity index (χ0n) is 19.5. The predicted molar refractivity (Wildman–Crippen MR) is 139 cm³/mol. The third-order valence-corrected chi connectivity index (χ3v) is 7.04. The van der Waals surface area contributed by atoms with E-state index < -0.39 is 0 Å². The van der Waals surface area contributed by atoms with E-state index in [1.54, 1.807) is 30.3 Å². The van der Waals surface area contributed by atoms with E-state index in [2.05, 4.69) is 9.74 Å². The summed E-state index contributed by atoms with van der Waals surface area (Å²) in [7, 11) is 0. The van der Waals surface area contributed by atoms with Crippen LogP contribution in [0.1, 0.15) is 21.5 Å². The molecule has 0 atom stereocenters. The monoisotopic (exact) mass is 491 g/mol. The van der Waals surface area contributed by atoms with E-state index in [0.717, 1.165) is 17.1 Å². The number of carbonyl (C=O) groups is 1. The fourth-order valence-corrected chi connectivity index (χ4v) is 5.53. The van der Waals surface area contributed by atoms with E-state index in [4.69, 9.17) is 20.8 Å². The number of nitrogens with zero attached hydrogens (tertiary/aromatic N) is 3.